The zero-order valence-corrected chi connectivity index (χ0v) is 8.77. The van der Waals surface area contributed by atoms with Gasteiger partial charge in [-0.25, -0.2) is 0 Å². The zero-order valence-electron chi connectivity index (χ0n) is 8.77. The Balaban J connectivity index is 2.12. The third kappa shape index (κ3) is 3.80. The van der Waals surface area contributed by atoms with Gasteiger partial charge in [0.05, 0.1) is 0 Å². The lowest BCUT2D eigenvalue weighted by molar-refractivity contribution is 0.206. The van der Waals surface area contributed by atoms with Gasteiger partial charge in [-0.1, -0.05) is 0 Å². The van der Waals surface area contributed by atoms with Gasteiger partial charge >= 0.3 is 0 Å². The van der Waals surface area contributed by atoms with Crippen LogP contribution in [0.2, 0.25) is 0 Å². The Morgan fingerprint density at radius 2 is 2.08 bits per heavy atom. The predicted molar refractivity (Wildman–Crippen MR) is 56.6 cm³/mol. The molecule has 0 atom stereocenters. The van der Waals surface area contributed by atoms with Crippen molar-refractivity contribution in [1.29, 1.82) is 0 Å². The van der Waals surface area contributed by atoms with Crippen LogP contribution in [0.1, 0.15) is 26.2 Å². The molecule has 0 radical (unpaired) electrons. The van der Waals surface area contributed by atoms with Crippen LogP contribution in [-0.4, -0.2) is 37.6 Å². The van der Waals surface area contributed by atoms with Crippen molar-refractivity contribution in [2.75, 3.05) is 26.7 Å². The number of rotatable bonds is 3. The second-order valence-electron chi connectivity index (χ2n) is 3.58. The second-order valence-corrected chi connectivity index (χ2v) is 3.58. The molecule has 74 valence electrons. The molecule has 0 aromatic carbocycles. The van der Waals surface area contributed by atoms with Gasteiger partial charge in [0.2, 0.25) is 0 Å². The van der Waals surface area contributed by atoms with E-state index in [0.717, 1.165) is 19.0 Å². The quantitative estimate of drug-likeness (QED) is 0.654. The Labute approximate surface area is 81.7 Å². The van der Waals surface area contributed by atoms with Crippen molar-refractivity contribution in [1.82, 2.24) is 10.2 Å². The fraction of sp³-hybridized carbons (Fsp3) is 0.818. The molecule has 1 rings (SSSR count). The molecule has 2 heteroatoms. The number of piperidine rings is 1. The van der Waals surface area contributed by atoms with Crippen molar-refractivity contribution in [3.05, 3.63) is 0 Å². The van der Waals surface area contributed by atoms with Crippen molar-refractivity contribution in [2.24, 2.45) is 0 Å². The molecule has 1 saturated heterocycles. The maximum Gasteiger partial charge on any atom is 0.0216 e. The minimum Gasteiger partial charge on any atom is -0.317 e. The maximum absolute atomic E-state index is 3.34. The van der Waals surface area contributed by atoms with Gasteiger partial charge < -0.3 is 10.2 Å². The van der Waals surface area contributed by atoms with Crippen molar-refractivity contribution >= 4 is 0 Å². The highest BCUT2D eigenvalue weighted by atomic mass is 15.1. The lowest BCUT2D eigenvalue weighted by Crippen LogP contribution is -2.41. The van der Waals surface area contributed by atoms with E-state index in [1.165, 1.54) is 25.9 Å². The van der Waals surface area contributed by atoms with E-state index in [0.29, 0.717) is 0 Å². The van der Waals surface area contributed by atoms with Crippen molar-refractivity contribution in [3.63, 3.8) is 0 Å². The summed E-state index contributed by atoms with van der Waals surface area (Å²) in [6.07, 6.45) is 3.60. The van der Waals surface area contributed by atoms with Crippen LogP contribution in [0.3, 0.4) is 0 Å². The van der Waals surface area contributed by atoms with Gasteiger partial charge in [-0.2, -0.15) is 0 Å². The van der Waals surface area contributed by atoms with E-state index in [2.05, 4.69) is 29.1 Å². The third-order valence-corrected chi connectivity index (χ3v) is 2.73. The normalized spacial score (nSPS) is 19.5. The average molecular weight is 180 g/mol. The highest BCUT2D eigenvalue weighted by molar-refractivity contribution is 4.95. The van der Waals surface area contributed by atoms with Gasteiger partial charge in [-0.15, -0.1) is 11.8 Å². The summed E-state index contributed by atoms with van der Waals surface area (Å²) in [5.41, 5.74) is 0. The lowest BCUT2D eigenvalue weighted by atomic mass is 10.1. The van der Waals surface area contributed by atoms with E-state index in [4.69, 9.17) is 0 Å². The number of hydrogen-bond acceptors (Lipinski definition) is 2. The molecule has 0 bridgehead atoms. The maximum atomic E-state index is 3.34. The van der Waals surface area contributed by atoms with Crippen LogP contribution < -0.4 is 5.32 Å². The first-order valence-corrected chi connectivity index (χ1v) is 5.16. The minimum absolute atomic E-state index is 0.744. The first-order valence-electron chi connectivity index (χ1n) is 5.16. The van der Waals surface area contributed by atoms with Crippen LogP contribution in [-0.2, 0) is 0 Å². The molecule has 0 unspecified atom stereocenters. The van der Waals surface area contributed by atoms with E-state index in [1.807, 2.05) is 6.92 Å². The molecule has 0 aromatic rings. The SMILES string of the molecule is CC#CCCN1CCC(NC)CC1. The summed E-state index contributed by atoms with van der Waals surface area (Å²) in [5, 5.41) is 3.34. The minimum atomic E-state index is 0.744. The van der Waals surface area contributed by atoms with E-state index >= 15 is 0 Å². The predicted octanol–water partition coefficient (Wildman–Crippen LogP) is 1.08. The summed E-state index contributed by atoms with van der Waals surface area (Å²) in [5.74, 6) is 6.05. The summed E-state index contributed by atoms with van der Waals surface area (Å²) < 4.78 is 0. The van der Waals surface area contributed by atoms with Crippen LogP contribution >= 0.6 is 0 Å². The average Bonchev–Trinajstić information content (AvgIpc) is 2.19. The van der Waals surface area contributed by atoms with Crippen molar-refractivity contribution in [2.45, 2.75) is 32.2 Å². The molecule has 0 saturated carbocycles. The summed E-state index contributed by atoms with van der Waals surface area (Å²) in [4.78, 5) is 2.51. The number of likely N-dealkylation sites (tertiary alicyclic amines) is 1. The molecule has 1 aliphatic rings. The topological polar surface area (TPSA) is 15.3 Å². The Kier molecular flexibility index (Phi) is 4.88. The third-order valence-electron chi connectivity index (χ3n) is 2.73. The molecule has 13 heavy (non-hydrogen) atoms. The molecular weight excluding hydrogens is 160 g/mol. The Bertz CT molecular complexity index is 182. The summed E-state index contributed by atoms with van der Waals surface area (Å²) in [6.45, 7) is 5.53. The van der Waals surface area contributed by atoms with Gasteiger partial charge in [-0.05, 0) is 39.9 Å². The van der Waals surface area contributed by atoms with E-state index < -0.39 is 0 Å². The van der Waals surface area contributed by atoms with Gasteiger partial charge in [0, 0.05) is 19.0 Å². The first kappa shape index (κ1) is 10.6. The van der Waals surface area contributed by atoms with E-state index in [-0.39, 0.29) is 0 Å². The molecule has 0 amide bonds. The first-order chi connectivity index (χ1) is 6.36. The van der Waals surface area contributed by atoms with E-state index in [1.54, 1.807) is 0 Å². The molecule has 1 N–H and O–H groups in total. The monoisotopic (exact) mass is 180 g/mol. The van der Waals surface area contributed by atoms with Crippen LogP contribution in [0.4, 0.5) is 0 Å². The zero-order chi connectivity index (χ0) is 9.52. The van der Waals surface area contributed by atoms with Crippen molar-refractivity contribution < 1.29 is 0 Å². The largest absolute Gasteiger partial charge is 0.317 e. The van der Waals surface area contributed by atoms with Crippen LogP contribution in [0, 0.1) is 11.8 Å². The summed E-state index contributed by atoms with van der Waals surface area (Å²) in [6, 6.07) is 0.744. The Hall–Kier alpha value is -0.520. The summed E-state index contributed by atoms with van der Waals surface area (Å²) in [7, 11) is 2.06. The Morgan fingerprint density at radius 3 is 2.62 bits per heavy atom. The second kappa shape index (κ2) is 6.01. The van der Waals surface area contributed by atoms with Crippen LogP contribution in [0.15, 0.2) is 0 Å². The molecule has 2 nitrogen and oxygen atoms in total. The number of nitrogens with zero attached hydrogens (tertiary/aromatic N) is 1. The smallest absolute Gasteiger partial charge is 0.0216 e. The fourth-order valence-electron chi connectivity index (χ4n) is 1.78. The van der Waals surface area contributed by atoms with Crippen LogP contribution in [0.25, 0.3) is 0 Å². The highest BCUT2D eigenvalue weighted by Gasteiger charge is 2.16. The molecule has 0 aliphatic carbocycles. The molecule has 1 aliphatic heterocycles. The molecule has 1 fully saturated rings. The highest BCUT2D eigenvalue weighted by Crippen LogP contribution is 2.09. The van der Waals surface area contributed by atoms with Crippen molar-refractivity contribution in [3.8, 4) is 11.8 Å². The number of hydrogen-bond donors (Lipinski definition) is 1. The van der Waals surface area contributed by atoms with Gasteiger partial charge in [0.1, 0.15) is 0 Å². The van der Waals surface area contributed by atoms with Crippen LogP contribution in [0.5, 0.6) is 0 Å². The van der Waals surface area contributed by atoms with Gasteiger partial charge in [-0.3, -0.25) is 0 Å². The standard InChI is InChI=1S/C11H20N2/c1-3-4-5-8-13-9-6-11(12-2)7-10-13/h11-12H,5-10H2,1-2H3. The van der Waals surface area contributed by atoms with Gasteiger partial charge in [0.25, 0.3) is 0 Å². The molecular formula is C11H20N2. The molecule has 0 aromatic heterocycles. The number of nitrogens with one attached hydrogen (secondary N) is 1. The van der Waals surface area contributed by atoms with E-state index in [9.17, 15) is 0 Å². The molecule has 1 heterocycles. The lowest BCUT2D eigenvalue weighted by Gasteiger charge is -2.31. The fourth-order valence-corrected chi connectivity index (χ4v) is 1.78. The molecule has 0 spiro atoms. The van der Waals surface area contributed by atoms with Gasteiger partial charge in [0.15, 0.2) is 0 Å². The Morgan fingerprint density at radius 1 is 1.38 bits per heavy atom. The summed E-state index contributed by atoms with van der Waals surface area (Å²) >= 11 is 0.